The van der Waals surface area contributed by atoms with E-state index in [1.54, 1.807) is 18.5 Å². The van der Waals surface area contributed by atoms with E-state index in [9.17, 15) is 9.90 Å². The van der Waals surface area contributed by atoms with Gasteiger partial charge in [-0.2, -0.15) is 0 Å². The van der Waals surface area contributed by atoms with Gasteiger partial charge < -0.3 is 14.8 Å². The number of amides is 1. The lowest BCUT2D eigenvalue weighted by molar-refractivity contribution is -0.112. The van der Waals surface area contributed by atoms with Crippen LogP contribution in [0.2, 0.25) is 0 Å². The average molecular weight is 364 g/mol. The van der Waals surface area contributed by atoms with Crippen molar-refractivity contribution in [2.75, 3.05) is 0 Å². The minimum atomic E-state index is -1.08. The maximum Gasteiger partial charge on any atom is 0.251 e. The van der Waals surface area contributed by atoms with Crippen LogP contribution in [0.25, 0.3) is 11.0 Å². The largest absolute Gasteiger partial charge is 0.464 e. The van der Waals surface area contributed by atoms with Crippen molar-refractivity contribution in [3.8, 4) is 0 Å². The van der Waals surface area contributed by atoms with Crippen LogP contribution in [0, 0.1) is 5.41 Å². The molecule has 0 bridgehead atoms. The molecule has 2 aromatic heterocycles. The van der Waals surface area contributed by atoms with E-state index in [1.807, 2.05) is 50.2 Å². The number of aliphatic hydroxyl groups is 1. The fourth-order valence-corrected chi connectivity index (χ4v) is 4.25. The molecule has 5 heteroatoms. The summed E-state index contributed by atoms with van der Waals surface area (Å²) in [6.45, 7) is 4.07. The number of hydrogen-bond donors (Lipinski definition) is 2. The first-order valence-corrected chi connectivity index (χ1v) is 9.32. The van der Waals surface area contributed by atoms with Crippen LogP contribution in [0.5, 0.6) is 0 Å². The summed E-state index contributed by atoms with van der Waals surface area (Å²) in [6.07, 6.45) is 5.18. The molecule has 1 saturated carbocycles. The molecule has 1 amide bonds. The van der Waals surface area contributed by atoms with Crippen molar-refractivity contribution in [1.29, 1.82) is 0 Å². The van der Waals surface area contributed by atoms with Crippen molar-refractivity contribution in [2.45, 2.75) is 44.8 Å². The van der Waals surface area contributed by atoms with Crippen LogP contribution in [0.15, 0.2) is 59.3 Å². The molecule has 2 atom stereocenters. The van der Waals surface area contributed by atoms with E-state index in [2.05, 4.69) is 10.3 Å². The van der Waals surface area contributed by atoms with Gasteiger partial charge in [0.1, 0.15) is 11.2 Å². The quantitative estimate of drug-likeness (QED) is 0.736. The number of carbonyl (C=O) groups is 1. The number of hydrogen-bond acceptors (Lipinski definition) is 4. The molecule has 5 nitrogen and oxygen atoms in total. The van der Waals surface area contributed by atoms with Crippen LogP contribution in [-0.4, -0.2) is 22.0 Å². The Morgan fingerprint density at radius 1 is 1.22 bits per heavy atom. The molecule has 4 rings (SSSR count). The molecule has 0 radical (unpaired) electrons. The Kier molecular flexibility index (Phi) is 4.27. The molecule has 27 heavy (non-hydrogen) atoms. The number of furan rings is 1. The van der Waals surface area contributed by atoms with Gasteiger partial charge in [0.15, 0.2) is 0 Å². The Morgan fingerprint density at radius 2 is 2.00 bits per heavy atom. The van der Waals surface area contributed by atoms with Crippen LogP contribution in [0.4, 0.5) is 0 Å². The molecule has 1 aromatic carbocycles. The standard InChI is InChI=1S/C22H24N2O3/c1-21(2)14-16(24-20(25)15-6-4-3-5-7-15)8-11-22(21,26)19-17-10-13-27-18(17)9-12-23-19/h3-7,9-10,12-13,16,26H,8,11,14H2,1-2H3,(H,24,25). The van der Waals surface area contributed by atoms with E-state index in [-0.39, 0.29) is 11.9 Å². The highest BCUT2D eigenvalue weighted by molar-refractivity contribution is 5.94. The Balaban J connectivity index is 1.57. The van der Waals surface area contributed by atoms with Gasteiger partial charge in [-0.3, -0.25) is 9.78 Å². The fourth-order valence-electron chi connectivity index (χ4n) is 4.25. The van der Waals surface area contributed by atoms with Gasteiger partial charge in [-0.1, -0.05) is 32.0 Å². The summed E-state index contributed by atoms with van der Waals surface area (Å²) in [6, 6.07) is 12.9. The van der Waals surface area contributed by atoms with Crippen LogP contribution in [-0.2, 0) is 5.60 Å². The highest BCUT2D eigenvalue weighted by Crippen LogP contribution is 2.51. The zero-order valence-electron chi connectivity index (χ0n) is 15.6. The molecule has 1 aliphatic carbocycles. The summed E-state index contributed by atoms with van der Waals surface area (Å²) in [5.74, 6) is -0.0723. The van der Waals surface area contributed by atoms with E-state index >= 15 is 0 Å². The topological polar surface area (TPSA) is 75.4 Å². The first-order valence-electron chi connectivity index (χ1n) is 9.32. The number of benzene rings is 1. The maximum atomic E-state index is 12.5. The molecule has 3 aromatic rings. The maximum absolute atomic E-state index is 12.5. The third-order valence-electron chi connectivity index (χ3n) is 5.87. The molecule has 1 fully saturated rings. The number of aromatic nitrogens is 1. The lowest BCUT2D eigenvalue weighted by Crippen LogP contribution is -2.52. The first kappa shape index (κ1) is 17.7. The number of rotatable bonds is 3. The van der Waals surface area contributed by atoms with Gasteiger partial charge >= 0.3 is 0 Å². The van der Waals surface area contributed by atoms with E-state index in [0.29, 0.717) is 30.5 Å². The van der Waals surface area contributed by atoms with Crippen LogP contribution < -0.4 is 5.32 Å². The second-order valence-electron chi connectivity index (χ2n) is 8.02. The third-order valence-corrected chi connectivity index (χ3v) is 5.87. The summed E-state index contributed by atoms with van der Waals surface area (Å²) in [5, 5.41) is 15.6. The molecule has 0 spiro atoms. The number of fused-ring (bicyclic) bond motifs is 1. The highest BCUT2D eigenvalue weighted by atomic mass is 16.3. The Labute approximate surface area is 158 Å². The van der Waals surface area contributed by atoms with Gasteiger partial charge in [0, 0.05) is 28.6 Å². The van der Waals surface area contributed by atoms with Crippen molar-refractivity contribution < 1.29 is 14.3 Å². The van der Waals surface area contributed by atoms with E-state index in [4.69, 9.17) is 4.42 Å². The van der Waals surface area contributed by atoms with E-state index < -0.39 is 11.0 Å². The minimum absolute atomic E-state index is 0.0107. The van der Waals surface area contributed by atoms with E-state index in [0.717, 1.165) is 11.0 Å². The summed E-state index contributed by atoms with van der Waals surface area (Å²) in [5.41, 5.74) is 0.499. The lowest BCUT2D eigenvalue weighted by Gasteiger charge is -2.49. The van der Waals surface area contributed by atoms with Gasteiger partial charge in [-0.25, -0.2) is 0 Å². The number of nitrogens with zero attached hydrogens (tertiary/aromatic N) is 1. The predicted molar refractivity (Wildman–Crippen MR) is 103 cm³/mol. The predicted octanol–water partition coefficient (Wildman–Crippen LogP) is 4.02. The molecule has 0 aliphatic heterocycles. The monoisotopic (exact) mass is 364 g/mol. The zero-order valence-corrected chi connectivity index (χ0v) is 15.6. The summed E-state index contributed by atoms with van der Waals surface area (Å²) < 4.78 is 5.48. The molecule has 140 valence electrons. The summed E-state index contributed by atoms with van der Waals surface area (Å²) in [4.78, 5) is 17.0. The average Bonchev–Trinajstić information content (AvgIpc) is 3.14. The summed E-state index contributed by atoms with van der Waals surface area (Å²) in [7, 11) is 0. The SMILES string of the molecule is CC1(C)CC(NC(=O)c2ccccc2)CCC1(O)c1nccc2occc12. The molecule has 2 unspecified atom stereocenters. The molecule has 2 heterocycles. The Morgan fingerprint density at radius 3 is 2.74 bits per heavy atom. The minimum Gasteiger partial charge on any atom is -0.464 e. The van der Waals surface area contributed by atoms with E-state index in [1.165, 1.54) is 0 Å². The number of nitrogens with one attached hydrogen (secondary N) is 1. The van der Waals surface area contributed by atoms with Gasteiger partial charge in [0.05, 0.1) is 12.0 Å². The molecular formula is C22H24N2O3. The number of pyridine rings is 1. The summed E-state index contributed by atoms with van der Waals surface area (Å²) >= 11 is 0. The Hall–Kier alpha value is -2.66. The first-order chi connectivity index (χ1) is 12.9. The normalized spacial score (nSPS) is 24.6. The van der Waals surface area contributed by atoms with Crippen LogP contribution >= 0.6 is 0 Å². The van der Waals surface area contributed by atoms with Crippen LogP contribution in [0.3, 0.4) is 0 Å². The molecule has 2 N–H and O–H groups in total. The smallest absolute Gasteiger partial charge is 0.251 e. The second-order valence-corrected chi connectivity index (χ2v) is 8.02. The number of carbonyl (C=O) groups excluding carboxylic acids is 1. The van der Waals surface area contributed by atoms with Gasteiger partial charge in [0.25, 0.3) is 5.91 Å². The molecule has 1 aliphatic rings. The van der Waals surface area contributed by atoms with Crippen molar-refractivity contribution in [3.63, 3.8) is 0 Å². The van der Waals surface area contributed by atoms with Crippen molar-refractivity contribution >= 4 is 16.9 Å². The highest BCUT2D eigenvalue weighted by Gasteiger charge is 2.51. The lowest BCUT2D eigenvalue weighted by atomic mass is 9.62. The van der Waals surface area contributed by atoms with Gasteiger partial charge in [-0.05, 0) is 43.5 Å². The third kappa shape index (κ3) is 3.02. The zero-order chi connectivity index (χ0) is 19.1. The van der Waals surface area contributed by atoms with Gasteiger partial charge in [-0.15, -0.1) is 0 Å². The second kappa shape index (κ2) is 6.50. The van der Waals surface area contributed by atoms with Crippen molar-refractivity contribution in [2.24, 2.45) is 5.41 Å². The Bertz CT molecular complexity index is 964. The fraction of sp³-hybridized carbons (Fsp3) is 0.364. The molecular weight excluding hydrogens is 340 g/mol. The molecule has 0 saturated heterocycles. The van der Waals surface area contributed by atoms with Gasteiger partial charge in [0.2, 0.25) is 0 Å². The van der Waals surface area contributed by atoms with Crippen molar-refractivity contribution in [3.05, 3.63) is 66.2 Å². The van der Waals surface area contributed by atoms with Crippen LogP contribution in [0.1, 0.15) is 49.2 Å². The van der Waals surface area contributed by atoms with Crippen molar-refractivity contribution in [1.82, 2.24) is 10.3 Å².